The van der Waals surface area contributed by atoms with Gasteiger partial charge in [0.05, 0.1) is 12.7 Å². The third-order valence-electron chi connectivity index (χ3n) is 5.32. The fourth-order valence-corrected chi connectivity index (χ4v) is 3.81. The average Bonchev–Trinajstić information content (AvgIpc) is 2.85. The summed E-state index contributed by atoms with van der Waals surface area (Å²) in [6.45, 7) is 1.91. The number of likely N-dealkylation sites (N-methyl/N-ethyl adjacent to an activating group) is 1. The highest BCUT2D eigenvalue weighted by Gasteiger charge is 2.30. The van der Waals surface area contributed by atoms with Gasteiger partial charge in [0.2, 0.25) is 0 Å². The van der Waals surface area contributed by atoms with E-state index in [-0.39, 0.29) is 6.04 Å². The van der Waals surface area contributed by atoms with Crippen LogP contribution in [0.3, 0.4) is 0 Å². The van der Waals surface area contributed by atoms with Gasteiger partial charge < -0.3 is 10.5 Å². The number of hydrogen-bond acceptors (Lipinski definition) is 3. The number of nitrogens with zero attached hydrogens (tertiary/aromatic N) is 1. The Labute approximate surface area is 128 Å². The lowest BCUT2D eigenvalue weighted by molar-refractivity contribution is -0.00169. The number of hydrogen-bond donors (Lipinski definition) is 1. The van der Waals surface area contributed by atoms with Gasteiger partial charge in [-0.2, -0.15) is 0 Å². The highest BCUT2D eigenvalue weighted by atomic mass is 16.5. The van der Waals surface area contributed by atoms with E-state index in [0.29, 0.717) is 12.1 Å². The molecule has 3 rings (SSSR count). The summed E-state index contributed by atoms with van der Waals surface area (Å²) in [6.07, 6.45) is 6.41. The van der Waals surface area contributed by atoms with Crippen LogP contribution in [0, 0.1) is 0 Å². The van der Waals surface area contributed by atoms with E-state index in [1.54, 1.807) is 0 Å². The molecule has 1 aliphatic carbocycles. The van der Waals surface area contributed by atoms with Crippen molar-refractivity contribution in [1.82, 2.24) is 4.90 Å². The van der Waals surface area contributed by atoms with Crippen molar-refractivity contribution in [3.8, 4) is 0 Å². The van der Waals surface area contributed by atoms with Gasteiger partial charge in [0.15, 0.2) is 0 Å². The Morgan fingerprint density at radius 3 is 2.43 bits per heavy atom. The van der Waals surface area contributed by atoms with Gasteiger partial charge in [0, 0.05) is 12.1 Å². The summed E-state index contributed by atoms with van der Waals surface area (Å²) >= 11 is 0. The molecular weight excluding hydrogens is 260 g/mol. The summed E-state index contributed by atoms with van der Waals surface area (Å²) in [5.41, 5.74) is 7.66. The molecule has 0 amide bonds. The van der Waals surface area contributed by atoms with Crippen LogP contribution >= 0.6 is 0 Å². The maximum Gasteiger partial charge on any atom is 0.0640 e. The Bertz CT molecular complexity index is 418. The lowest BCUT2D eigenvalue weighted by atomic mass is 9.83. The Morgan fingerprint density at radius 1 is 1.10 bits per heavy atom. The summed E-state index contributed by atoms with van der Waals surface area (Å²) in [7, 11) is 2.16. The fraction of sp³-hybridized carbons (Fsp3) is 0.667. The van der Waals surface area contributed by atoms with Crippen LogP contribution in [-0.4, -0.2) is 43.3 Å². The summed E-state index contributed by atoms with van der Waals surface area (Å²) in [6, 6.07) is 11.6. The number of benzene rings is 1. The van der Waals surface area contributed by atoms with Crippen LogP contribution in [0.1, 0.15) is 43.6 Å². The quantitative estimate of drug-likeness (QED) is 0.926. The first-order valence-corrected chi connectivity index (χ1v) is 8.36. The molecule has 1 heterocycles. The van der Waals surface area contributed by atoms with Crippen molar-refractivity contribution >= 4 is 0 Å². The predicted octanol–water partition coefficient (Wildman–Crippen LogP) is 2.76. The molecule has 1 aliphatic heterocycles. The van der Waals surface area contributed by atoms with Gasteiger partial charge in [-0.25, -0.2) is 0 Å². The molecule has 0 aromatic heterocycles. The Balaban J connectivity index is 1.44. The summed E-state index contributed by atoms with van der Waals surface area (Å²) < 4.78 is 6.17. The van der Waals surface area contributed by atoms with Crippen molar-refractivity contribution in [3.63, 3.8) is 0 Å². The molecule has 1 saturated carbocycles. The molecule has 1 aromatic carbocycles. The fourth-order valence-electron chi connectivity index (χ4n) is 3.81. The first-order chi connectivity index (χ1) is 10.2. The highest BCUT2D eigenvalue weighted by molar-refractivity contribution is 5.19. The molecule has 2 aliphatic rings. The third kappa shape index (κ3) is 3.65. The van der Waals surface area contributed by atoms with E-state index in [4.69, 9.17) is 10.5 Å². The topological polar surface area (TPSA) is 38.5 Å². The zero-order valence-corrected chi connectivity index (χ0v) is 13.1. The van der Waals surface area contributed by atoms with Crippen LogP contribution in [0.5, 0.6) is 0 Å². The zero-order chi connectivity index (χ0) is 14.7. The second-order valence-electron chi connectivity index (χ2n) is 6.72. The molecule has 2 N–H and O–H groups in total. The van der Waals surface area contributed by atoms with E-state index in [1.807, 2.05) is 0 Å². The molecule has 1 aromatic rings. The second kappa shape index (κ2) is 6.91. The van der Waals surface area contributed by atoms with Gasteiger partial charge in [0.1, 0.15) is 0 Å². The minimum atomic E-state index is 0.288. The van der Waals surface area contributed by atoms with E-state index in [1.165, 1.54) is 31.2 Å². The van der Waals surface area contributed by atoms with E-state index < -0.39 is 0 Å². The molecule has 2 fully saturated rings. The average molecular weight is 288 g/mol. The number of nitrogens with two attached hydrogens (primary N) is 1. The van der Waals surface area contributed by atoms with Gasteiger partial charge in [-0.05, 0) is 57.2 Å². The molecule has 0 bridgehead atoms. The minimum Gasteiger partial charge on any atom is -0.377 e. The number of likely N-dealkylation sites (tertiary alicyclic amines) is 1. The molecule has 21 heavy (non-hydrogen) atoms. The van der Waals surface area contributed by atoms with Gasteiger partial charge in [-0.3, -0.25) is 4.90 Å². The Kier molecular flexibility index (Phi) is 4.94. The molecule has 0 spiro atoms. The van der Waals surface area contributed by atoms with E-state index in [2.05, 4.69) is 42.3 Å². The van der Waals surface area contributed by atoms with Crippen molar-refractivity contribution in [1.29, 1.82) is 0 Å². The monoisotopic (exact) mass is 288 g/mol. The van der Waals surface area contributed by atoms with Gasteiger partial charge in [-0.1, -0.05) is 30.3 Å². The van der Waals surface area contributed by atoms with Crippen LogP contribution in [0.4, 0.5) is 0 Å². The van der Waals surface area contributed by atoms with Crippen LogP contribution in [-0.2, 0) is 4.74 Å². The summed E-state index contributed by atoms with van der Waals surface area (Å²) in [5.74, 6) is 0.725. The smallest absolute Gasteiger partial charge is 0.0640 e. The Hall–Kier alpha value is -0.900. The molecule has 2 unspecified atom stereocenters. The second-order valence-corrected chi connectivity index (χ2v) is 6.72. The molecule has 3 nitrogen and oxygen atoms in total. The third-order valence-corrected chi connectivity index (χ3v) is 5.32. The standard InChI is InChI=1S/C18H28N2O/c1-20-12-11-17(19)18(20)13-21-16-9-7-15(8-10-16)14-5-3-2-4-6-14/h2-6,15-18H,7-13,19H2,1H3. The number of ether oxygens (including phenoxy) is 1. The SMILES string of the molecule is CN1CCC(N)C1COC1CCC(c2ccccc2)CC1. The summed E-state index contributed by atoms with van der Waals surface area (Å²) in [5, 5.41) is 0. The zero-order valence-electron chi connectivity index (χ0n) is 13.1. The van der Waals surface area contributed by atoms with Crippen molar-refractivity contribution in [2.45, 2.75) is 56.2 Å². The van der Waals surface area contributed by atoms with Gasteiger partial charge in [-0.15, -0.1) is 0 Å². The first kappa shape index (κ1) is 15.0. The van der Waals surface area contributed by atoms with Crippen LogP contribution in [0.15, 0.2) is 30.3 Å². The largest absolute Gasteiger partial charge is 0.377 e. The number of rotatable bonds is 4. The normalized spacial score (nSPS) is 34.2. The lowest BCUT2D eigenvalue weighted by Crippen LogP contribution is -2.42. The van der Waals surface area contributed by atoms with Crippen molar-refractivity contribution in [2.75, 3.05) is 20.2 Å². The van der Waals surface area contributed by atoms with Crippen molar-refractivity contribution < 1.29 is 4.74 Å². The van der Waals surface area contributed by atoms with E-state index >= 15 is 0 Å². The molecular formula is C18H28N2O. The molecule has 1 saturated heterocycles. The van der Waals surface area contributed by atoms with Crippen molar-refractivity contribution in [2.24, 2.45) is 5.73 Å². The molecule has 3 heteroatoms. The van der Waals surface area contributed by atoms with Crippen LogP contribution < -0.4 is 5.73 Å². The predicted molar refractivity (Wildman–Crippen MR) is 86.4 cm³/mol. The Morgan fingerprint density at radius 2 is 1.81 bits per heavy atom. The lowest BCUT2D eigenvalue weighted by Gasteiger charge is -2.31. The van der Waals surface area contributed by atoms with Crippen LogP contribution in [0.25, 0.3) is 0 Å². The first-order valence-electron chi connectivity index (χ1n) is 8.36. The highest BCUT2D eigenvalue weighted by Crippen LogP contribution is 2.34. The van der Waals surface area contributed by atoms with E-state index in [0.717, 1.165) is 25.5 Å². The molecule has 116 valence electrons. The maximum atomic E-state index is 6.17. The molecule has 2 atom stereocenters. The summed E-state index contributed by atoms with van der Waals surface area (Å²) in [4.78, 5) is 2.35. The van der Waals surface area contributed by atoms with E-state index in [9.17, 15) is 0 Å². The van der Waals surface area contributed by atoms with Gasteiger partial charge >= 0.3 is 0 Å². The van der Waals surface area contributed by atoms with Crippen molar-refractivity contribution in [3.05, 3.63) is 35.9 Å². The van der Waals surface area contributed by atoms with Gasteiger partial charge in [0.25, 0.3) is 0 Å². The molecule has 0 radical (unpaired) electrons. The van der Waals surface area contributed by atoms with Crippen LogP contribution in [0.2, 0.25) is 0 Å². The minimum absolute atomic E-state index is 0.288. The maximum absolute atomic E-state index is 6.17.